The number of carbonyl (C=O) groups excluding carboxylic acids is 12. The first kappa shape index (κ1) is 79.2. The number of rotatable bonds is 15. The number of nitrogens with one attached hydrogen (secondary N) is 4. The first-order chi connectivity index (χ1) is 41.6. The minimum absolute atomic E-state index is 0.0894. The van der Waals surface area contributed by atoms with Gasteiger partial charge in [-0.25, -0.2) is 4.79 Å². The predicted octanol–water partition coefficient (Wildman–Crippen LogP) is 2.49. The molecule has 1 unspecified atom stereocenters. The Morgan fingerprint density at radius 2 is 0.978 bits per heavy atom. The number of nitrogens with zero attached hydrogens (tertiary/aromatic N) is 7. The van der Waals surface area contributed by atoms with E-state index in [0.717, 1.165) is 14.7 Å². The van der Waals surface area contributed by atoms with Crippen LogP contribution in [0.2, 0.25) is 0 Å². The fourth-order valence-electron chi connectivity index (χ4n) is 12.0. The molecule has 2 aliphatic heterocycles. The van der Waals surface area contributed by atoms with Crippen molar-refractivity contribution in [1.29, 1.82) is 0 Å². The lowest BCUT2D eigenvalue weighted by atomic mass is 9.91. The number of primary amides is 1. The van der Waals surface area contributed by atoms with Crippen molar-refractivity contribution < 1.29 is 67.4 Å². The van der Waals surface area contributed by atoms with Gasteiger partial charge in [0.1, 0.15) is 72.6 Å². The van der Waals surface area contributed by atoms with Crippen LogP contribution >= 0.6 is 0 Å². The normalized spacial score (nSPS) is 28.2. The van der Waals surface area contributed by atoms with E-state index >= 15 is 28.8 Å². The highest BCUT2D eigenvalue weighted by molar-refractivity contribution is 6.00. The number of amides is 12. The summed E-state index contributed by atoms with van der Waals surface area (Å²) < 4.78 is 5.37. The van der Waals surface area contributed by atoms with E-state index in [-0.39, 0.29) is 62.8 Å². The molecule has 0 aromatic carbocycles. The lowest BCUT2D eigenvalue weighted by molar-refractivity contribution is -0.157. The molecule has 0 aliphatic carbocycles. The van der Waals surface area contributed by atoms with Crippen molar-refractivity contribution in [3.05, 3.63) is 12.2 Å². The maximum Gasteiger partial charge on any atom is 0.404 e. The Kier molecular flexibility index (Phi) is 30.9. The molecule has 0 spiro atoms. The Bertz CT molecular complexity index is 2560. The van der Waals surface area contributed by atoms with Crippen LogP contribution in [0.1, 0.15) is 156 Å². The van der Waals surface area contributed by atoms with Crippen LogP contribution < -0.4 is 27.0 Å². The lowest BCUT2D eigenvalue weighted by Crippen LogP contribution is -2.64. The molecular formula is C64H112N12O14. The summed E-state index contributed by atoms with van der Waals surface area (Å²) in [5, 5.41) is 23.2. The molecule has 7 N–H and O–H groups in total. The standard InChI is InChI=1S/C64H112N12O14/c1-24-26-27-39(15)52(77)51-56(81)68-43(25-2)58(83)76-32-42(90-64(65)89)31-47(76)61(86)73(21)49(37(11)12)55(80)69-48(36(9)10)62(87)70(18)44(28-33(3)4)54(79)66-40(16)53(78)67-41(17)57(82)71(19)45(29-34(5)6)59(84)72(20)46(30-35(7)8)60(85)74(22)50(38(13)14)63(88)75(51)23/h24,26,33-52,77H,25,27-32H2,1-23H3,(H2,65,89)(H,66,79)(H,67,78)(H,68,81)(H,69,80)/b26-24+/t39-,40+,41-,42?,43+,44+,45+,46+,47-,48+,49+,50+,51+,52-/m1/s1. The van der Waals surface area contributed by atoms with Gasteiger partial charge in [-0.05, 0) is 94.3 Å². The van der Waals surface area contributed by atoms with Gasteiger partial charge in [-0.15, -0.1) is 0 Å². The molecule has 2 rings (SSSR count). The third kappa shape index (κ3) is 20.6. The van der Waals surface area contributed by atoms with Crippen LogP contribution in [0.15, 0.2) is 12.2 Å². The quantitative estimate of drug-likeness (QED) is 0.128. The molecule has 26 heteroatoms. The summed E-state index contributed by atoms with van der Waals surface area (Å²) in [4.78, 5) is 183. The van der Waals surface area contributed by atoms with Gasteiger partial charge in [0, 0.05) is 48.7 Å². The molecule has 26 nitrogen and oxygen atoms in total. The molecular weight excluding hydrogens is 1160 g/mol. The van der Waals surface area contributed by atoms with Crippen LogP contribution in [-0.4, -0.2) is 238 Å². The first-order valence-corrected chi connectivity index (χ1v) is 32.0. The van der Waals surface area contributed by atoms with Gasteiger partial charge in [0.15, 0.2) is 0 Å². The highest BCUT2D eigenvalue weighted by atomic mass is 16.6. The number of hydrogen-bond donors (Lipinski definition) is 6. The molecule has 2 aliphatic rings. The van der Waals surface area contributed by atoms with Crippen molar-refractivity contribution in [3.63, 3.8) is 0 Å². The van der Waals surface area contributed by atoms with E-state index in [1.165, 1.54) is 75.7 Å². The van der Waals surface area contributed by atoms with E-state index in [2.05, 4.69) is 21.3 Å². The fraction of sp³-hybridized carbons (Fsp3) is 0.781. The number of carbonyl (C=O) groups is 12. The summed E-state index contributed by atoms with van der Waals surface area (Å²) in [6.07, 6.45) is -0.0695. The van der Waals surface area contributed by atoms with Gasteiger partial charge in [-0.3, -0.25) is 52.7 Å². The molecule has 2 heterocycles. The van der Waals surface area contributed by atoms with E-state index in [9.17, 15) is 33.9 Å². The van der Waals surface area contributed by atoms with E-state index < -0.39 is 173 Å². The second kappa shape index (κ2) is 35.1. The largest absolute Gasteiger partial charge is 0.444 e. The van der Waals surface area contributed by atoms with Gasteiger partial charge in [0.25, 0.3) is 0 Å². The van der Waals surface area contributed by atoms with E-state index in [0.29, 0.717) is 0 Å². The second-order valence-electron chi connectivity index (χ2n) is 27.2. The van der Waals surface area contributed by atoms with E-state index in [1.54, 1.807) is 74.5 Å². The number of nitrogens with two attached hydrogens (primary N) is 1. The number of ether oxygens (including phenoxy) is 1. The van der Waals surface area contributed by atoms with Gasteiger partial charge in [-0.2, -0.15) is 0 Å². The zero-order chi connectivity index (χ0) is 69.4. The van der Waals surface area contributed by atoms with E-state index in [4.69, 9.17) is 10.5 Å². The zero-order valence-electron chi connectivity index (χ0n) is 58.1. The van der Waals surface area contributed by atoms with Gasteiger partial charge < -0.3 is 71.1 Å². The van der Waals surface area contributed by atoms with Crippen LogP contribution in [-0.2, 0) is 57.5 Å². The second-order valence-corrected chi connectivity index (χ2v) is 27.2. The predicted molar refractivity (Wildman–Crippen MR) is 341 cm³/mol. The van der Waals surface area contributed by atoms with E-state index in [1.807, 2.05) is 41.5 Å². The summed E-state index contributed by atoms with van der Waals surface area (Å²) in [5.41, 5.74) is 5.47. The topological polar surface area (TPSA) is 331 Å². The number of aliphatic hydroxyl groups is 1. The van der Waals surface area contributed by atoms with Crippen molar-refractivity contribution in [1.82, 2.24) is 55.6 Å². The molecule has 0 saturated carbocycles. The molecule has 14 atom stereocenters. The third-order valence-corrected chi connectivity index (χ3v) is 17.2. The summed E-state index contributed by atoms with van der Waals surface area (Å²) in [5.74, 6) is -11.1. The SMILES string of the molecule is C/C=C/C[C@@H](C)[C@@H](O)[C@H]1C(=O)N[C@@H](CC)C(=O)N2CC(OC(N)=O)C[C@@H]2C(=O)N(C)[C@@H](C(C)C)C(=O)N[C@@H](C(C)C)C(=O)N(C)[C@@H](CC(C)C)C(=O)N[C@@H](C)C(=O)N[C@H](C)C(=O)N(C)[C@@H](CC(C)C)C(=O)N(C)[C@@H](CC(C)C)C(=O)N(C)[C@@H](C(C)C)C(=O)N1C. The molecule has 0 bridgehead atoms. The van der Waals surface area contributed by atoms with Crippen LogP contribution in [0.25, 0.3) is 0 Å². The first-order valence-electron chi connectivity index (χ1n) is 32.0. The Labute approximate surface area is 535 Å². The number of likely N-dealkylation sites (N-methyl/N-ethyl adjacent to an activating group) is 6. The Balaban J connectivity index is 3.08. The minimum atomic E-state index is -1.70. The highest BCUT2D eigenvalue weighted by Gasteiger charge is 2.49. The number of fused-ring (bicyclic) bond motifs is 1. The van der Waals surface area contributed by atoms with Gasteiger partial charge in [0.05, 0.1) is 12.6 Å². The maximum absolute atomic E-state index is 15.3. The summed E-state index contributed by atoms with van der Waals surface area (Å²) >= 11 is 0. The van der Waals surface area contributed by atoms with Crippen LogP contribution in [0.5, 0.6) is 0 Å². The summed E-state index contributed by atoms with van der Waals surface area (Å²) in [7, 11) is 8.36. The zero-order valence-corrected chi connectivity index (χ0v) is 58.1. The Morgan fingerprint density at radius 3 is 1.44 bits per heavy atom. The molecule has 2 saturated heterocycles. The Morgan fingerprint density at radius 1 is 0.533 bits per heavy atom. The van der Waals surface area contributed by atoms with Gasteiger partial charge in [0.2, 0.25) is 65.0 Å². The number of allylic oxidation sites excluding steroid dienone is 2. The summed E-state index contributed by atoms with van der Waals surface area (Å²) in [6, 6.07) is -14.4. The molecule has 90 heavy (non-hydrogen) atoms. The van der Waals surface area contributed by atoms with Crippen molar-refractivity contribution >= 4 is 71.1 Å². The molecule has 12 amide bonds. The molecule has 0 aromatic heterocycles. The van der Waals surface area contributed by atoms with Gasteiger partial charge >= 0.3 is 6.09 Å². The highest BCUT2D eigenvalue weighted by Crippen LogP contribution is 2.29. The van der Waals surface area contributed by atoms with Crippen molar-refractivity contribution in [2.75, 3.05) is 48.8 Å². The third-order valence-electron chi connectivity index (χ3n) is 17.2. The molecule has 0 aromatic rings. The fourth-order valence-corrected chi connectivity index (χ4v) is 12.0. The van der Waals surface area contributed by atoms with Crippen LogP contribution in [0.3, 0.4) is 0 Å². The molecule has 2 fully saturated rings. The average Bonchev–Trinajstić information content (AvgIpc) is 2.12. The number of aliphatic hydroxyl groups excluding tert-OH is 1. The summed E-state index contributed by atoms with van der Waals surface area (Å²) in [6.45, 7) is 28.8. The molecule has 512 valence electrons. The van der Waals surface area contributed by atoms with Crippen molar-refractivity contribution in [2.45, 2.75) is 235 Å². The molecule has 0 radical (unpaired) electrons. The Hall–Kier alpha value is -6.86. The number of hydrogen-bond acceptors (Lipinski definition) is 14. The van der Waals surface area contributed by atoms with Crippen molar-refractivity contribution in [2.24, 2.45) is 47.2 Å². The van der Waals surface area contributed by atoms with Crippen molar-refractivity contribution in [3.8, 4) is 0 Å². The van der Waals surface area contributed by atoms with Gasteiger partial charge in [-0.1, -0.05) is 109 Å². The lowest BCUT2D eigenvalue weighted by Gasteiger charge is -2.41. The van der Waals surface area contributed by atoms with Crippen LogP contribution in [0.4, 0.5) is 4.79 Å². The minimum Gasteiger partial charge on any atom is -0.444 e. The maximum atomic E-state index is 15.3. The smallest absolute Gasteiger partial charge is 0.404 e. The monoisotopic (exact) mass is 1270 g/mol. The van der Waals surface area contributed by atoms with Crippen LogP contribution in [0, 0.1) is 41.4 Å². The average molecular weight is 1270 g/mol.